The second kappa shape index (κ2) is 8.72. The van der Waals surface area contributed by atoms with Gasteiger partial charge in [0.05, 0.1) is 0 Å². The molecule has 0 saturated heterocycles. The van der Waals surface area contributed by atoms with Crippen molar-refractivity contribution in [1.82, 2.24) is 9.97 Å². The van der Waals surface area contributed by atoms with E-state index in [1.807, 2.05) is 30.3 Å². The molecule has 2 aromatic carbocycles. The summed E-state index contributed by atoms with van der Waals surface area (Å²) in [5, 5.41) is 14.7. The van der Waals surface area contributed by atoms with Crippen LogP contribution in [0.2, 0.25) is 10.0 Å². The van der Waals surface area contributed by atoms with E-state index < -0.39 is 5.91 Å². The van der Waals surface area contributed by atoms with Crippen molar-refractivity contribution >= 4 is 62.6 Å². The third-order valence-corrected chi connectivity index (χ3v) is 5.95. The number of halogens is 2. The SMILES string of the molecule is N#CC(=Cc1c[nH]c2ccccc12)C(=O)Nc1ncc(Cc2cc(Cl)ccc2Cl)s1. The van der Waals surface area contributed by atoms with Gasteiger partial charge in [-0.3, -0.25) is 10.1 Å². The molecule has 1 amide bonds. The van der Waals surface area contributed by atoms with Gasteiger partial charge in [0, 0.05) is 50.2 Å². The van der Waals surface area contributed by atoms with E-state index in [1.165, 1.54) is 11.3 Å². The summed E-state index contributed by atoms with van der Waals surface area (Å²) in [6, 6.07) is 14.9. The van der Waals surface area contributed by atoms with E-state index in [0.29, 0.717) is 21.6 Å². The Hall–Kier alpha value is -3.11. The monoisotopic (exact) mass is 452 g/mol. The minimum absolute atomic E-state index is 0.00520. The van der Waals surface area contributed by atoms with Gasteiger partial charge in [-0.25, -0.2) is 4.98 Å². The van der Waals surface area contributed by atoms with Crippen LogP contribution in [0.5, 0.6) is 0 Å². The first-order chi connectivity index (χ1) is 14.5. The quantitative estimate of drug-likeness (QED) is 0.284. The third-order valence-electron chi connectivity index (χ3n) is 4.43. The van der Waals surface area contributed by atoms with Crippen molar-refractivity contribution in [2.75, 3.05) is 5.32 Å². The van der Waals surface area contributed by atoms with Crippen LogP contribution in [0, 0.1) is 11.3 Å². The number of benzene rings is 2. The van der Waals surface area contributed by atoms with Crippen LogP contribution in [0.15, 0.2) is 60.4 Å². The van der Waals surface area contributed by atoms with E-state index in [0.717, 1.165) is 26.9 Å². The minimum atomic E-state index is -0.510. The lowest BCUT2D eigenvalue weighted by Gasteiger charge is -2.02. The second-order valence-corrected chi connectivity index (χ2v) is 8.42. The molecule has 2 N–H and O–H groups in total. The molecule has 148 valence electrons. The Bertz CT molecular complexity index is 1320. The van der Waals surface area contributed by atoms with Crippen LogP contribution in [0.1, 0.15) is 16.0 Å². The first-order valence-corrected chi connectivity index (χ1v) is 10.5. The summed E-state index contributed by atoms with van der Waals surface area (Å²) in [5.41, 5.74) is 2.58. The van der Waals surface area contributed by atoms with E-state index >= 15 is 0 Å². The second-order valence-electron chi connectivity index (χ2n) is 6.46. The molecule has 0 spiro atoms. The fourth-order valence-corrected chi connectivity index (χ4v) is 4.21. The van der Waals surface area contributed by atoms with E-state index in [-0.39, 0.29) is 5.57 Å². The number of carbonyl (C=O) groups excluding carboxylic acids is 1. The normalized spacial score (nSPS) is 11.4. The molecule has 2 aromatic heterocycles. The zero-order valence-corrected chi connectivity index (χ0v) is 17.8. The smallest absolute Gasteiger partial charge is 0.268 e. The van der Waals surface area contributed by atoms with E-state index in [9.17, 15) is 10.1 Å². The number of aromatic amines is 1. The maximum absolute atomic E-state index is 12.6. The Kier molecular flexibility index (Phi) is 5.86. The van der Waals surface area contributed by atoms with Gasteiger partial charge in [0.25, 0.3) is 5.91 Å². The first-order valence-electron chi connectivity index (χ1n) is 8.91. The number of nitrogens with zero attached hydrogens (tertiary/aromatic N) is 2. The molecule has 0 saturated carbocycles. The Labute approximate surface area is 186 Å². The largest absolute Gasteiger partial charge is 0.361 e. The van der Waals surface area contributed by atoms with Crippen molar-refractivity contribution in [2.45, 2.75) is 6.42 Å². The van der Waals surface area contributed by atoms with Crippen molar-refractivity contribution in [2.24, 2.45) is 0 Å². The van der Waals surface area contributed by atoms with Gasteiger partial charge in [-0.1, -0.05) is 41.4 Å². The highest BCUT2D eigenvalue weighted by molar-refractivity contribution is 7.15. The fourth-order valence-electron chi connectivity index (χ4n) is 3.00. The summed E-state index contributed by atoms with van der Waals surface area (Å²) in [6.07, 6.45) is 5.55. The number of rotatable bonds is 5. The van der Waals surface area contributed by atoms with Crippen LogP contribution in [0.4, 0.5) is 5.13 Å². The van der Waals surface area contributed by atoms with E-state index in [4.69, 9.17) is 23.2 Å². The van der Waals surface area contributed by atoms with Gasteiger partial charge < -0.3 is 4.98 Å². The molecule has 0 fully saturated rings. The van der Waals surface area contributed by atoms with Gasteiger partial charge in [0.1, 0.15) is 11.6 Å². The van der Waals surface area contributed by atoms with Crippen molar-refractivity contribution < 1.29 is 4.79 Å². The highest BCUT2D eigenvalue weighted by Gasteiger charge is 2.14. The van der Waals surface area contributed by atoms with E-state index in [1.54, 1.807) is 36.7 Å². The molecule has 2 heterocycles. The van der Waals surface area contributed by atoms with Gasteiger partial charge in [-0.15, -0.1) is 11.3 Å². The zero-order chi connectivity index (χ0) is 21.1. The molecule has 0 bridgehead atoms. The highest BCUT2D eigenvalue weighted by atomic mass is 35.5. The summed E-state index contributed by atoms with van der Waals surface area (Å²) in [4.78, 5) is 20.9. The summed E-state index contributed by atoms with van der Waals surface area (Å²) < 4.78 is 0. The van der Waals surface area contributed by atoms with Gasteiger partial charge in [0.2, 0.25) is 0 Å². The van der Waals surface area contributed by atoms with Crippen molar-refractivity contribution in [1.29, 1.82) is 5.26 Å². The number of fused-ring (bicyclic) bond motifs is 1. The lowest BCUT2D eigenvalue weighted by molar-refractivity contribution is -0.112. The van der Waals surface area contributed by atoms with Crippen molar-refractivity contribution in [3.8, 4) is 6.07 Å². The maximum Gasteiger partial charge on any atom is 0.268 e. The summed E-state index contributed by atoms with van der Waals surface area (Å²) in [6.45, 7) is 0. The number of hydrogen-bond donors (Lipinski definition) is 2. The average molecular weight is 453 g/mol. The first kappa shape index (κ1) is 20.2. The number of nitrogens with one attached hydrogen (secondary N) is 2. The number of thiazole rings is 1. The molecule has 0 aliphatic heterocycles. The number of aromatic nitrogens is 2. The molecule has 30 heavy (non-hydrogen) atoms. The molecule has 0 aliphatic carbocycles. The van der Waals surface area contributed by atoms with Crippen LogP contribution < -0.4 is 5.32 Å². The predicted molar refractivity (Wildman–Crippen MR) is 122 cm³/mol. The zero-order valence-electron chi connectivity index (χ0n) is 15.4. The van der Waals surface area contributed by atoms with Crippen LogP contribution >= 0.6 is 34.5 Å². The van der Waals surface area contributed by atoms with Gasteiger partial charge >= 0.3 is 0 Å². The number of para-hydroxylation sites is 1. The number of nitriles is 1. The molecule has 0 radical (unpaired) electrons. The number of H-pyrrole nitrogens is 1. The Balaban J connectivity index is 1.50. The molecule has 4 rings (SSSR count). The van der Waals surface area contributed by atoms with Crippen molar-refractivity contribution in [3.05, 3.63) is 86.5 Å². The summed E-state index contributed by atoms with van der Waals surface area (Å²) in [5.74, 6) is -0.510. The molecule has 4 aromatic rings. The van der Waals surface area contributed by atoms with Crippen LogP contribution in [-0.2, 0) is 11.2 Å². The summed E-state index contributed by atoms with van der Waals surface area (Å²) >= 11 is 13.6. The molecule has 5 nitrogen and oxygen atoms in total. The number of carbonyl (C=O) groups is 1. The lowest BCUT2D eigenvalue weighted by atomic mass is 10.1. The third kappa shape index (κ3) is 4.39. The van der Waals surface area contributed by atoms with Gasteiger partial charge in [0.15, 0.2) is 5.13 Å². The Morgan fingerprint density at radius 2 is 2.10 bits per heavy atom. The van der Waals surface area contributed by atoms with Crippen LogP contribution in [0.25, 0.3) is 17.0 Å². The fraction of sp³-hybridized carbons (Fsp3) is 0.0455. The maximum atomic E-state index is 12.6. The highest BCUT2D eigenvalue weighted by Crippen LogP contribution is 2.27. The average Bonchev–Trinajstić information content (AvgIpc) is 3.35. The summed E-state index contributed by atoms with van der Waals surface area (Å²) in [7, 11) is 0. The molecule has 0 unspecified atom stereocenters. The lowest BCUT2D eigenvalue weighted by Crippen LogP contribution is -2.13. The van der Waals surface area contributed by atoms with Gasteiger partial charge in [-0.2, -0.15) is 5.26 Å². The molecule has 8 heteroatoms. The predicted octanol–water partition coefficient (Wildman–Crippen LogP) is 6.07. The van der Waals surface area contributed by atoms with Crippen molar-refractivity contribution in [3.63, 3.8) is 0 Å². The molecular formula is C22H14Cl2N4OS. The number of amides is 1. The topological polar surface area (TPSA) is 81.6 Å². The molecular weight excluding hydrogens is 439 g/mol. The Morgan fingerprint density at radius 3 is 2.93 bits per heavy atom. The van der Waals surface area contributed by atoms with Gasteiger partial charge in [-0.05, 0) is 35.9 Å². The Morgan fingerprint density at radius 1 is 1.27 bits per heavy atom. The van der Waals surface area contributed by atoms with Crippen LogP contribution in [0.3, 0.4) is 0 Å². The molecule has 0 atom stereocenters. The standard InChI is InChI=1S/C22H14Cl2N4OS/c23-16-5-6-19(24)13(8-16)9-17-12-27-22(30-17)28-21(29)14(10-25)7-15-11-26-20-4-2-1-3-18(15)20/h1-8,11-12,26H,9H2,(H,27,28,29). The minimum Gasteiger partial charge on any atom is -0.361 e. The van der Waals surface area contributed by atoms with Crippen LogP contribution in [-0.4, -0.2) is 15.9 Å². The van der Waals surface area contributed by atoms with E-state index in [2.05, 4.69) is 15.3 Å². The number of anilines is 1. The molecule has 0 aliphatic rings. The number of hydrogen-bond acceptors (Lipinski definition) is 4.